The quantitative estimate of drug-likeness (QED) is 0.908. The molecule has 22 heavy (non-hydrogen) atoms. The third-order valence-corrected chi connectivity index (χ3v) is 4.43. The zero-order chi connectivity index (χ0) is 15.4. The van der Waals surface area contributed by atoms with Crippen molar-refractivity contribution in [1.82, 2.24) is 9.80 Å². The van der Waals surface area contributed by atoms with Gasteiger partial charge in [-0.25, -0.2) is 0 Å². The summed E-state index contributed by atoms with van der Waals surface area (Å²) in [4.78, 5) is 16.9. The number of likely N-dealkylation sites (tertiary alicyclic amines) is 1. The zero-order valence-corrected chi connectivity index (χ0v) is 13.0. The molecule has 1 atom stereocenters. The molecule has 5 heteroatoms. The van der Waals surface area contributed by atoms with Crippen LogP contribution >= 0.6 is 0 Å². The van der Waals surface area contributed by atoms with Crippen molar-refractivity contribution in [3.63, 3.8) is 0 Å². The van der Waals surface area contributed by atoms with Crippen LogP contribution in [0.1, 0.15) is 28.8 Å². The molecule has 120 valence electrons. The molecule has 1 aromatic rings. The van der Waals surface area contributed by atoms with Gasteiger partial charge in [-0.05, 0) is 30.5 Å². The van der Waals surface area contributed by atoms with Crippen LogP contribution in [0.4, 0.5) is 0 Å². The van der Waals surface area contributed by atoms with Gasteiger partial charge in [-0.3, -0.25) is 9.69 Å². The first-order valence-electron chi connectivity index (χ1n) is 8.16. The van der Waals surface area contributed by atoms with Crippen molar-refractivity contribution >= 4 is 5.91 Å². The molecule has 2 aliphatic rings. The molecule has 0 aromatic heterocycles. The summed E-state index contributed by atoms with van der Waals surface area (Å²) in [6.45, 7) is 5.88. The first kappa shape index (κ1) is 15.5. The fourth-order valence-electron chi connectivity index (χ4n) is 3.20. The number of benzene rings is 1. The Morgan fingerprint density at radius 1 is 1.27 bits per heavy atom. The Labute approximate surface area is 132 Å². The zero-order valence-electron chi connectivity index (χ0n) is 13.0. The number of morpholine rings is 1. The van der Waals surface area contributed by atoms with Gasteiger partial charge in [0, 0.05) is 44.3 Å². The highest BCUT2D eigenvalue weighted by Crippen LogP contribution is 2.15. The number of rotatable bonds is 3. The van der Waals surface area contributed by atoms with Crippen molar-refractivity contribution in [3.05, 3.63) is 35.4 Å². The number of carbonyl (C=O) groups excluding carboxylic acids is 1. The third kappa shape index (κ3) is 3.85. The Morgan fingerprint density at radius 2 is 2.09 bits per heavy atom. The predicted octanol–water partition coefficient (Wildman–Crippen LogP) is 1.08. The lowest BCUT2D eigenvalue weighted by atomic mass is 10.0. The molecule has 2 aliphatic heterocycles. The van der Waals surface area contributed by atoms with Gasteiger partial charge in [-0.1, -0.05) is 12.1 Å². The molecule has 1 unspecified atom stereocenters. The Hall–Kier alpha value is -1.43. The maximum absolute atomic E-state index is 12.6. The van der Waals surface area contributed by atoms with Gasteiger partial charge in [0.2, 0.25) is 0 Å². The van der Waals surface area contributed by atoms with Crippen molar-refractivity contribution in [2.75, 3.05) is 39.4 Å². The molecule has 2 fully saturated rings. The van der Waals surface area contributed by atoms with Gasteiger partial charge < -0.3 is 15.4 Å². The van der Waals surface area contributed by atoms with Crippen LogP contribution in [0.3, 0.4) is 0 Å². The molecule has 1 aromatic carbocycles. The van der Waals surface area contributed by atoms with Crippen molar-refractivity contribution < 1.29 is 9.53 Å². The Balaban J connectivity index is 1.66. The molecule has 0 aliphatic carbocycles. The number of amides is 1. The molecule has 2 N–H and O–H groups in total. The van der Waals surface area contributed by atoms with E-state index in [-0.39, 0.29) is 11.9 Å². The van der Waals surface area contributed by atoms with Crippen LogP contribution in [-0.4, -0.2) is 61.1 Å². The van der Waals surface area contributed by atoms with Crippen molar-refractivity contribution in [3.8, 4) is 0 Å². The van der Waals surface area contributed by atoms with Gasteiger partial charge in [-0.15, -0.1) is 0 Å². The lowest BCUT2D eigenvalue weighted by Crippen LogP contribution is -2.45. The number of nitrogens with two attached hydrogens (primary N) is 1. The van der Waals surface area contributed by atoms with E-state index in [0.717, 1.165) is 57.8 Å². The molecule has 0 bridgehead atoms. The average Bonchev–Trinajstić information content (AvgIpc) is 2.55. The number of piperidine rings is 1. The highest BCUT2D eigenvalue weighted by atomic mass is 16.5. The number of hydrogen-bond donors (Lipinski definition) is 1. The summed E-state index contributed by atoms with van der Waals surface area (Å²) in [5.41, 5.74) is 7.95. The summed E-state index contributed by atoms with van der Waals surface area (Å²) in [5, 5.41) is 0. The van der Waals surface area contributed by atoms with E-state index >= 15 is 0 Å². The summed E-state index contributed by atoms with van der Waals surface area (Å²) >= 11 is 0. The topological polar surface area (TPSA) is 58.8 Å². The van der Waals surface area contributed by atoms with E-state index in [1.807, 2.05) is 23.1 Å². The van der Waals surface area contributed by atoms with E-state index in [2.05, 4.69) is 11.0 Å². The molecule has 3 rings (SSSR count). The standard InChI is InChI=1S/C17H25N3O2/c18-16-5-2-6-20(13-16)17(21)15-4-1-3-14(11-15)12-19-7-9-22-10-8-19/h1,3-4,11,16H,2,5-10,12-13,18H2. The van der Waals surface area contributed by atoms with Crippen LogP contribution in [0.15, 0.2) is 24.3 Å². The molecule has 0 radical (unpaired) electrons. The molecule has 0 spiro atoms. The highest BCUT2D eigenvalue weighted by molar-refractivity contribution is 5.94. The van der Waals surface area contributed by atoms with Crippen molar-refractivity contribution in [2.45, 2.75) is 25.4 Å². The summed E-state index contributed by atoms with van der Waals surface area (Å²) < 4.78 is 5.37. The SMILES string of the molecule is NC1CCCN(C(=O)c2cccc(CN3CCOCC3)c2)C1. The average molecular weight is 303 g/mol. The fraction of sp³-hybridized carbons (Fsp3) is 0.588. The van der Waals surface area contributed by atoms with Gasteiger partial charge in [0.05, 0.1) is 13.2 Å². The molecule has 1 amide bonds. The lowest BCUT2D eigenvalue weighted by Gasteiger charge is -2.31. The monoisotopic (exact) mass is 303 g/mol. The highest BCUT2D eigenvalue weighted by Gasteiger charge is 2.22. The maximum atomic E-state index is 12.6. The van der Waals surface area contributed by atoms with Gasteiger partial charge in [0.15, 0.2) is 0 Å². The van der Waals surface area contributed by atoms with Crippen LogP contribution in [0.2, 0.25) is 0 Å². The summed E-state index contributed by atoms with van der Waals surface area (Å²) in [7, 11) is 0. The summed E-state index contributed by atoms with van der Waals surface area (Å²) in [6.07, 6.45) is 2.02. The van der Waals surface area contributed by atoms with E-state index in [1.54, 1.807) is 0 Å². The largest absolute Gasteiger partial charge is 0.379 e. The first-order valence-corrected chi connectivity index (χ1v) is 8.16. The third-order valence-electron chi connectivity index (χ3n) is 4.43. The van der Waals surface area contributed by atoms with E-state index in [4.69, 9.17) is 10.5 Å². The van der Waals surface area contributed by atoms with Gasteiger partial charge >= 0.3 is 0 Å². The predicted molar refractivity (Wildman–Crippen MR) is 85.7 cm³/mol. The molecule has 2 saturated heterocycles. The van der Waals surface area contributed by atoms with Crippen LogP contribution in [0, 0.1) is 0 Å². The Kier molecular flexibility index (Phi) is 5.08. The fourth-order valence-corrected chi connectivity index (χ4v) is 3.20. The van der Waals surface area contributed by atoms with Gasteiger partial charge in [-0.2, -0.15) is 0 Å². The lowest BCUT2D eigenvalue weighted by molar-refractivity contribution is 0.0341. The molecular formula is C17H25N3O2. The van der Waals surface area contributed by atoms with E-state index in [1.165, 1.54) is 5.56 Å². The van der Waals surface area contributed by atoms with Crippen molar-refractivity contribution in [1.29, 1.82) is 0 Å². The molecule has 5 nitrogen and oxygen atoms in total. The summed E-state index contributed by atoms with van der Waals surface area (Å²) in [6, 6.07) is 8.12. The second kappa shape index (κ2) is 7.22. The number of hydrogen-bond acceptors (Lipinski definition) is 4. The van der Waals surface area contributed by atoms with Gasteiger partial charge in [0.1, 0.15) is 0 Å². The summed E-state index contributed by atoms with van der Waals surface area (Å²) in [5.74, 6) is 0.110. The van der Waals surface area contributed by atoms with E-state index in [9.17, 15) is 4.79 Å². The van der Waals surface area contributed by atoms with Crippen LogP contribution in [-0.2, 0) is 11.3 Å². The second-order valence-electron chi connectivity index (χ2n) is 6.24. The minimum Gasteiger partial charge on any atom is -0.379 e. The Bertz CT molecular complexity index is 514. The van der Waals surface area contributed by atoms with E-state index in [0.29, 0.717) is 6.54 Å². The molecule has 0 saturated carbocycles. The van der Waals surface area contributed by atoms with Crippen LogP contribution < -0.4 is 5.73 Å². The smallest absolute Gasteiger partial charge is 0.253 e. The maximum Gasteiger partial charge on any atom is 0.253 e. The first-order chi connectivity index (χ1) is 10.7. The van der Waals surface area contributed by atoms with Gasteiger partial charge in [0.25, 0.3) is 5.91 Å². The van der Waals surface area contributed by atoms with Crippen LogP contribution in [0.25, 0.3) is 0 Å². The molecular weight excluding hydrogens is 278 g/mol. The number of carbonyl (C=O) groups is 1. The molecule has 2 heterocycles. The Morgan fingerprint density at radius 3 is 2.86 bits per heavy atom. The normalized spacial score (nSPS) is 23.5. The number of nitrogens with zero attached hydrogens (tertiary/aromatic N) is 2. The number of ether oxygens (including phenoxy) is 1. The van der Waals surface area contributed by atoms with Crippen molar-refractivity contribution in [2.24, 2.45) is 5.73 Å². The van der Waals surface area contributed by atoms with E-state index < -0.39 is 0 Å². The minimum absolute atomic E-state index is 0.110. The minimum atomic E-state index is 0.110. The van der Waals surface area contributed by atoms with Crippen LogP contribution in [0.5, 0.6) is 0 Å². The second-order valence-corrected chi connectivity index (χ2v) is 6.24.